The van der Waals surface area contributed by atoms with Crippen LogP contribution in [0.15, 0.2) is 82.6 Å². The second-order valence-electron chi connectivity index (χ2n) is 11.4. The van der Waals surface area contributed by atoms with E-state index < -0.39 is 42.2 Å². The van der Waals surface area contributed by atoms with Crippen molar-refractivity contribution in [1.82, 2.24) is 10.3 Å². The fourth-order valence-electron chi connectivity index (χ4n) is 4.52. The Balaban J connectivity index is 1.99. The number of hydrogen-bond acceptors (Lipinski definition) is 7. The Kier molecular flexibility index (Phi) is 9.99. The minimum atomic E-state index is -2.92. The summed E-state index contributed by atoms with van der Waals surface area (Å²) in [6.45, 7) is 11.9. The largest absolute Gasteiger partial charge is 0.444 e. The third kappa shape index (κ3) is 7.61. The molecule has 1 aromatic heterocycles. The van der Waals surface area contributed by atoms with Crippen LogP contribution in [-0.4, -0.2) is 48.3 Å². The van der Waals surface area contributed by atoms with Gasteiger partial charge < -0.3 is 19.5 Å². The molecule has 2 aromatic carbocycles. The molecule has 2 N–H and O–H groups in total. The molecular formula is C29H37N3O6SSi. The van der Waals surface area contributed by atoms with E-state index in [2.05, 4.69) is 55.3 Å². The first-order chi connectivity index (χ1) is 18.7. The maximum absolute atomic E-state index is 12.8. The predicted molar refractivity (Wildman–Crippen MR) is 161 cm³/mol. The highest BCUT2D eigenvalue weighted by Crippen LogP contribution is 2.37. The average Bonchev–Trinajstić information content (AvgIpc) is 2.86. The summed E-state index contributed by atoms with van der Waals surface area (Å²) in [5, 5.41) is 16.3. The molecule has 0 saturated carbocycles. The molecule has 0 aliphatic rings. The Morgan fingerprint density at radius 2 is 1.55 bits per heavy atom. The van der Waals surface area contributed by atoms with Gasteiger partial charge in [-0.15, -0.1) is 11.8 Å². The first kappa shape index (κ1) is 31.1. The first-order valence-corrected chi connectivity index (χ1v) is 15.9. The number of H-pyrrole nitrogens is 1. The van der Waals surface area contributed by atoms with E-state index in [1.807, 2.05) is 36.4 Å². The van der Waals surface area contributed by atoms with E-state index in [0.717, 1.165) is 22.1 Å². The third-order valence-electron chi connectivity index (χ3n) is 6.16. The summed E-state index contributed by atoms with van der Waals surface area (Å²) in [6.07, 6.45) is 0.747. The molecule has 3 aromatic rings. The highest BCUT2D eigenvalue weighted by Gasteiger charge is 2.50. The lowest BCUT2D eigenvalue weighted by Crippen LogP contribution is -2.67. The third-order valence-corrected chi connectivity index (χ3v) is 12.4. The number of benzene rings is 2. The number of ether oxygens (including phenoxy) is 1. The van der Waals surface area contributed by atoms with Gasteiger partial charge in [0.2, 0.25) is 0 Å². The summed E-state index contributed by atoms with van der Waals surface area (Å²) < 4.78 is 12.5. The molecule has 0 unspecified atom stereocenters. The number of carbonyl (C=O) groups excluding carboxylic acids is 1. The van der Waals surface area contributed by atoms with Gasteiger partial charge in [-0.25, -0.2) is 4.79 Å². The SMILES string of the molecule is CC(C)(C)OC(=O)N[C@H](CO[Si](c1ccccc1)(c1ccccc1)C(C)(C)C)CSc1cc[nH]c(=O)c1[N+](=O)[O-]. The van der Waals surface area contributed by atoms with Crippen molar-refractivity contribution in [1.29, 1.82) is 0 Å². The van der Waals surface area contributed by atoms with E-state index in [1.54, 1.807) is 20.8 Å². The zero-order valence-corrected chi connectivity index (χ0v) is 25.5. The number of aromatic nitrogens is 1. The lowest BCUT2D eigenvalue weighted by atomic mass is 10.2. The molecule has 1 heterocycles. The van der Waals surface area contributed by atoms with Crippen LogP contribution in [0.3, 0.4) is 0 Å². The van der Waals surface area contributed by atoms with Crippen molar-refractivity contribution in [3.63, 3.8) is 0 Å². The van der Waals surface area contributed by atoms with Crippen molar-refractivity contribution >= 4 is 42.2 Å². The Labute approximate surface area is 240 Å². The molecule has 3 rings (SSSR count). The molecule has 0 radical (unpaired) electrons. The molecule has 0 fully saturated rings. The first-order valence-electron chi connectivity index (χ1n) is 13.0. The Bertz CT molecular complexity index is 1310. The molecule has 9 nitrogen and oxygen atoms in total. The van der Waals surface area contributed by atoms with Gasteiger partial charge in [0.15, 0.2) is 0 Å². The van der Waals surface area contributed by atoms with Crippen LogP contribution in [0.4, 0.5) is 10.5 Å². The van der Waals surface area contributed by atoms with Crippen LogP contribution in [0.5, 0.6) is 0 Å². The van der Waals surface area contributed by atoms with Gasteiger partial charge in [0.25, 0.3) is 8.32 Å². The summed E-state index contributed by atoms with van der Waals surface area (Å²) in [5.41, 5.74) is -2.03. The lowest BCUT2D eigenvalue weighted by Gasteiger charge is -2.43. The molecule has 1 atom stereocenters. The van der Waals surface area contributed by atoms with E-state index in [9.17, 15) is 19.7 Å². The number of amides is 1. The molecule has 214 valence electrons. The van der Waals surface area contributed by atoms with Gasteiger partial charge >= 0.3 is 17.3 Å². The van der Waals surface area contributed by atoms with Crippen molar-refractivity contribution in [2.24, 2.45) is 0 Å². The molecule has 1 amide bonds. The van der Waals surface area contributed by atoms with E-state index in [1.165, 1.54) is 12.3 Å². The molecule has 40 heavy (non-hydrogen) atoms. The minimum absolute atomic E-state index is 0.122. The second kappa shape index (κ2) is 12.8. The highest BCUT2D eigenvalue weighted by molar-refractivity contribution is 7.99. The van der Waals surface area contributed by atoms with E-state index in [0.29, 0.717) is 0 Å². The average molecular weight is 584 g/mol. The van der Waals surface area contributed by atoms with Crippen LogP contribution >= 0.6 is 11.8 Å². The number of nitrogens with zero attached hydrogens (tertiary/aromatic N) is 1. The van der Waals surface area contributed by atoms with Crippen molar-refractivity contribution in [3.05, 3.63) is 93.4 Å². The normalized spacial score (nSPS) is 12.9. The Hall–Kier alpha value is -3.41. The minimum Gasteiger partial charge on any atom is -0.444 e. The van der Waals surface area contributed by atoms with E-state index in [-0.39, 0.29) is 22.3 Å². The quantitative estimate of drug-likeness (QED) is 0.151. The number of nitro groups is 1. The summed E-state index contributed by atoms with van der Waals surface area (Å²) >= 11 is 1.11. The molecule has 11 heteroatoms. The highest BCUT2D eigenvalue weighted by atomic mass is 32.2. The number of carbonyl (C=O) groups is 1. The van der Waals surface area contributed by atoms with Crippen molar-refractivity contribution in [2.75, 3.05) is 12.4 Å². The lowest BCUT2D eigenvalue weighted by molar-refractivity contribution is -0.389. The van der Waals surface area contributed by atoms with Gasteiger partial charge in [0, 0.05) is 11.9 Å². The fourth-order valence-corrected chi connectivity index (χ4v) is 10.2. The summed E-state index contributed by atoms with van der Waals surface area (Å²) in [5.74, 6) is 0.210. The summed E-state index contributed by atoms with van der Waals surface area (Å²) in [4.78, 5) is 38.4. The fraction of sp³-hybridized carbons (Fsp3) is 0.379. The molecule has 0 saturated heterocycles. The van der Waals surface area contributed by atoms with Crippen LogP contribution < -0.4 is 21.2 Å². The van der Waals surface area contributed by atoms with Gasteiger partial charge in [-0.2, -0.15) is 0 Å². The number of nitrogens with one attached hydrogen (secondary N) is 2. The van der Waals surface area contributed by atoms with Crippen LogP contribution in [0.1, 0.15) is 41.5 Å². The monoisotopic (exact) mass is 583 g/mol. The molecule has 0 aliphatic carbocycles. The Morgan fingerprint density at radius 3 is 2.02 bits per heavy atom. The maximum atomic E-state index is 12.8. The van der Waals surface area contributed by atoms with Crippen LogP contribution in [-0.2, 0) is 9.16 Å². The van der Waals surface area contributed by atoms with Gasteiger partial charge in [-0.3, -0.25) is 14.9 Å². The topological polar surface area (TPSA) is 124 Å². The van der Waals surface area contributed by atoms with Crippen LogP contribution in [0.25, 0.3) is 0 Å². The Morgan fingerprint density at radius 1 is 1.00 bits per heavy atom. The number of rotatable bonds is 10. The number of aromatic amines is 1. The van der Waals surface area contributed by atoms with E-state index >= 15 is 0 Å². The summed E-state index contributed by atoms with van der Waals surface area (Å²) in [6, 6.07) is 21.1. The smallest absolute Gasteiger partial charge is 0.407 e. The number of pyridine rings is 1. The molecular weight excluding hydrogens is 546 g/mol. The van der Waals surface area contributed by atoms with Crippen molar-refractivity contribution in [2.45, 2.75) is 63.1 Å². The van der Waals surface area contributed by atoms with Gasteiger partial charge in [-0.05, 0) is 42.2 Å². The van der Waals surface area contributed by atoms with Crippen LogP contribution in [0.2, 0.25) is 5.04 Å². The molecule has 0 spiro atoms. The maximum Gasteiger partial charge on any atom is 0.407 e. The number of thioether (sulfide) groups is 1. The van der Waals surface area contributed by atoms with Gasteiger partial charge in [0.05, 0.1) is 22.5 Å². The standard InChI is InChI=1S/C29H37N3O6SSi/c1-28(2,3)38-27(34)31-21(20-39-24-17-18-30-26(33)25(24)32(35)36)19-37-40(29(4,5)6,22-13-9-7-10-14-22)23-15-11-8-12-16-23/h7-18,21H,19-20H2,1-6H3,(H,30,33)(H,31,34)/t21-/m1/s1. The predicted octanol–water partition coefficient (Wildman–Crippen LogP) is 4.85. The number of hydrogen-bond donors (Lipinski definition) is 2. The van der Waals surface area contributed by atoms with Crippen molar-refractivity contribution in [3.8, 4) is 0 Å². The molecule has 0 aliphatic heterocycles. The van der Waals surface area contributed by atoms with Crippen molar-refractivity contribution < 1.29 is 18.9 Å². The summed E-state index contributed by atoms with van der Waals surface area (Å²) in [7, 11) is -2.92. The molecule has 0 bridgehead atoms. The van der Waals surface area contributed by atoms with Crippen LogP contribution in [0, 0.1) is 10.1 Å². The zero-order chi connectivity index (χ0) is 29.6. The second-order valence-corrected chi connectivity index (χ2v) is 16.8. The van der Waals surface area contributed by atoms with Gasteiger partial charge in [-0.1, -0.05) is 81.4 Å². The zero-order valence-electron chi connectivity index (χ0n) is 23.7. The number of alkyl carbamates (subject to hydrolysis) is 1. The van der Waals surface area contributed by atoms with Gasteiger partial charge in [0.1, 0.15) is 5.60 Å². The van der Waals surface area contributed by atoms with E-state index in [4.69, 9.17) is 9.16 Å².